The third kappa shape index (κ3) is 2.51. The van der Waals surface area contributed by atoms with Crippen molar-refractivity contribution in [3.05, 3.63) is 53.6 Å². The molecule has 0 fully saturated rings. The molecule has 0 spiro atoms. The molecule has 104 valence electrons. The zero-order chi connectivity index (χ0) is 14.8. The van der Waals surface area contributed by atoms with Crippen LogP contribution >= 0.6 is 0 Å². The van der Waals surface area contributed by atoms with E-state index in [4.69, 9.17) is 4.74 Å². The van der Waals surface area contributed by atoms with Gasteiger partial charge >= 0.3 is 12.0 Å². The van der Waals surface area contributed by atoms with Gasteiger partial charge in [-0.1, -0.05) is 29.4 Å². The van der Waals surface area contributed by atoms with Crippen LogP contribution in [-0.4, -0.2) is 26.3 Å². The Morgan fingerprint density at radius 1 is 1.05 bits per heavy atom. The first kappa shape index (κ1) is 13.0. The normalized spacial score (nSPS) is 10.5. The van der Waals surface area contributed by atoms with Crippen molar-refractivity contribution < 1.29 is 14.6 Å². The molecule has 3 aromatic rings. The Morgan fingerprint density at radius 2 is 1.81 bits per heavy atom. The number of fused-ring (bicyclic) bond motifs is 1. The Morgan fingerprint density at radius 3 is 2.57 bits per heavy atom. The molecule has 0 radical (unpaired) electrons. The summed E-state index contributed by atoms with van der Waals surface area (Å²) in [5.41, 5.74) is 2.03. The number of hydrogen-bond acceptors (Lipinski definition) is 5. The minimum Gasteiger partial charge on any atom is -0.478 e. The lowest BCUT2D eigenvalue weighted by Crippen LogP contribution is -2.03. The fraction of sp³-hybridized carbons (Fsp3) is 0.0667. The van der Waals surface area contributed by atoms with Crippen molar-refractivity contribution >= 4 is 17.0 Å². The fourth-order valence-electron chi connectivity index (χ4n) is 1.96. The predicted molar refractivity (Wildman–Crippen MR) is 75.5 cm³/mol. The number of para-hydroxylation sites is 2. The number of ether oxygens (including phenoxy) is 1. The standard InChI is InChI=1S/C15H11N3O3/c1-9-5-4-6-10(14(19)20)13(9)21-15-16-11-7-2-3-8-12(11)17-18-15/h2-8H,1H3,(H,19,20). The molecule has 0 aliphatic rings. The molecular formula is C15H11N3O3. The lowest BCUT2D eigenvalue weighted by molar-refractivity contribution is 0.0694. The molecular weight excluding hydrogens is 270 g/mol. The Labute approximate surface area is 120 Å². The van der Waals surface area contributed by atoms with Crippen molar-refractivity contribution in [2.75, 3.05) is 0 Å². The maximum atomic E-state index is 11.2. The highest BCUT2D eigenvalue weighted by Crippen LogP contribution is 2.27. The maximum Gasteiger partial charge on any atom is 0.341 e. The molecule has 3 rings (SSSR count). The van der Waals surface area contributed by atoms with Crippen LogP contribution in [0.2, 0.25) is 0 Å². The molecule has 6 nitrogen and oxygen atoms in total. The largest absolute Gasteiger partial charge is 0.478 e. The molecule has 0 unspecified atom stereocenters. The van der Waals surface area contributed by atoms with Gasteiger partial charge in [0.25, 0.3) is 0 Å². The Kier molecular flexibility index (Phi) is 3.19. The van der Waals surface area contributed by atoms with Crippen molar-refractivity contribution in [3.63, 3.8) is 0 Å². The van der Waals surface area contributed by atoms with Crippen LogP contribution in [0.3, 0.4) is 0 Å². The van der Waals surface area contributed by atoms with Crippen LogP contribution in [0.15, 0.2) is 42.5 Å². The van der Waals surface area contributed by atoms with Crippen LogP contribution in [-0.2, 0) is 0 Å². The number of aromatic nitrogens is 3. The maximum absolute atomic E-state index is 11.2. The number of aryl methyl sites for hydroxylation is 1. The SMILES string of the molecule is Cc1cccc(C(=O)O)c1Oc1nnc2ccccc2n1. The first-order valence-corrected chi connectivity index (χ1v) is 6.25. The van der Waals surface area contributed by atoms with E-state index in [0.717, 1.165) is 0 Å². The summed E-state index contributed by atoms with van der Waals surface area (Å²) in [4.78, 5) is 15.5. The van der Waals surface area contributed by atoms with E-state index in [1.807, 2.05) is 12.1 Å². The van der Waals surface area contributed by atoms with Crippen LogP contribution in [0.25, 0.3) is 11.0 Å². The summed E-state index contributed by atoms with van der Waals surface area (Å²) in [6.45, 7) is 1.76. The van der Waals surface area contributed by atoms with Gasteiger partial charge in [-0.15, -0.1) is 5.10 Å². The minimum atomic E-state index is -1.07. The molecule has 6 heteroatoms. The molecule has 1 aromatic heterocycles. The quantitative estimate of drug-likeness (QED) is 0.794. The van der Waals surface area contributed by atoms with Gasteiger partial charge in [-0.3, -0.25) is 0 Å². The summed E-state index contributed by atoms with van der Waals surface area (Å²) >= 11 is 0. The molecule has 0 saturated heterocycles. The first-order chi connectivity index (χ1) is 10.1. The summed E-state index contributed by atoms with van der Waals surface area (Å²) in [5, 5.41) is 17.1. The van der Waals surface area contributed by atoms with Crippen LogP contribution in [0, 0.1) is 6.92 Å². The topological polar surface area (TPSA) is 85.2 Å². The van der Waals surface area contributed by atoms with Crippen molar-refractivity contribution in [2.45, 2.75) is 6.92 Å². The number of aromatic carboxylic acids is 1. The molecule has 0 aliphatic carbocycles. The first-order valence-electron chi connectivity index (χ1n) is 6.25. The van der Waals surface area contributed by atoms with Gasteiger partial charge in [0.2, 0.25) is 0 Å². The van der Waals surface area contributed by atoms with Crippen molar-refractivity contribution in [3.8, 4) is 11.8 Å². The molecule has 0 atom stereocenters. The summed E-state index contributed by atoms with van der Waals surface area (Å²) in [7, 11) is 0. The fourth-order valence-corrected chi connectivity index (χ4v) is 1.96. The predicted octanol–water partition coefficient (Wildman–Crippen LogP) is 2.82. The Balaban J connectivity index is 2.04. The van der Waals surface area contributed by atoms with E-state index in [2.05, 4.69) is 15.2 Å². The van der Waals surface area contributed by atoms with E-state index in [0.29, 0.717) is 16.6 Å². The molecule has 21 heavy (non-hydrogen) atoms. The van der Waals surface area contributed by atoms with E-state index in [-0.39, 0.29) is 17.3 Å². The van der Waals surface area contributed by atoms with Gasteiger partial charge in [-0.05, 0) is 30.7 Å². The number of carbonyl (C=O) groups is 1. The van der Waals surface area contributed by atoms with Crippen molar-refractivity contribution in [1.29, 1.82) is 0 Å². The highest BCUT2D eigenvalue weighted by atomic mass is 16.5. The molecule has 2 aromatic carbocycles. The summed E-state index contributed by atoms with van der Waals surface area (Å²) in [5.74, 6) is -0.843. The average Bonchev–Trinajstić information content (AvgIpc) is 2.49. The zero-order valence-electron chi connectivity index (χ0n) is 11.1. The van der Waals surface area contributed by atoms with E-state index in [9.17, 15) is 9.90 Å². The van der Waals surface area contributed by atoms with E-state index in [1.54, 1.807) is 31.2 Å². The monoisotopic (exact) mass is 281 g/mol. The smallest absolute Gasteiger partial charge is 0.341 e. The lowest BCUT2D eigenvalue weighted by atomic mass is 10.1. The van der Waals surface area contributed by atoms with Crippen LogP contribution in [0.5, 0.6) is 11.8 Å². The van der Waals surface area contributed by atoms with Gasteiger partial charge in [-0.25, -0.2) is 4.79 Å². The summed E-state index contributed by atoms with van der Waals surface area (Å²) in [6.07, 6.45) is 0. The van der Waals surface area contributed by atoms with Gasteiger partial charge in [0.1, 0.15) is 16.8 Å². The van der Waals surface area contributed by atoms with Crippen LogP contribution < -0.4 is 4.74 Å². The van der Waals surface area contributed by atoms with Gasteiger partial charge in [-0.2, -0.15) is 4.98 Å². The molecule has 0 saturated carbocycles. The zero-order valence-corrected chi connectivity index (χ0v) is 11.1. The van der Waals surface area contributed by atoms with Crippen LogP contribution in [0.1, 0.15) is 15.9 Å². The summed E-state index contributed by atoms with van der Waals surface area (Å²) in [6, 6.07) is 12.1. The number of carboxylic acids is 1. The van der Waals surface area contributed by atoms with Gasteiger partial charge in [0.15, 0.2) is 0 Å². The van der Waals surface area contributed by atoms with E-state index in [1.165, 1.54) is 6.07 Å². The highest BCUT2D eigenvalue weighted by molar-refractivity contribution is 5.91. The van der Waals surface area contributed by atoms with Gasteiger partial charge in [0, 0.05) is 0 Å². The third-order valence-corrected chi connectivity index (χ3v) is 2.98. The minimum absolute atomic E-state index is 0.0190. The van der Waals surface area contributed by atoms with E-state index >= 15 is 0 Å². The second-order valence-electron chi connectivity index (χ2n) is 4.44. The second kappa shape index (κ2) is 5.16. The number of nitrogens with zero attached hydrogens (tertiary/aromatic N) is 3. The molecule has 1 heterocycles. The van der Waals surface area contributed by atoms with Crippen molar-refractivity contribution in [2.24, 2.45) is 0 Å². The number of carboxylic acid groups (broad SMARTS) is 1. The van der Waals surface area contributed by atoms with Gasteiger partial charge in [0.05, 0.1) is 5.52 Å². The molecule has 1 N–H and O–H groups in total. The number of rotatable bonds is 3. The Bertz CT molecular complexity index is 833. The van der Waals surface area contributed by atoms with E-state index < -0.39 is 5.97 Å². The lowest BCUT2D eigenvalue weighted by Gasteiger charge is -2.09. The average molecular weight is 281 g/mol. The van der Waals surface area contributed by atoms with Crippen LogP contribution in [0.4, 0.5) is 0 Å². The van der Waals surface area contributed by atoms with Gasteiger partial charge < -0.3 is 9.84 Å². The second-order valence-corrected chi connectivity index (χ2v) is 4.44. The highest BCUT2D eigenvalue weighted by Gasteiger charge is 2.15. The Hall–Kier alpha value is -3.02. The molecule has 0 bridgehead atoms. The summed E-state index contributed by atoms with van der Waals surface area (Å²) < 4.78 is 5.54. The number of benzene rings is 2. The molecule has 0 aliphatic heterocycles. The number of hydrogen-bond donors (Lipinski definition) is 1. The molecule has 0 amide bonds. The van der Waals surface area contributed by atoms with Crippen molar-refractivity contribution in [1.82, 2.24) is 15.2 Å². The third-order valence-electron chi connectivity index (χ3n) is 2.98.